The second-order valence-electron chi connectivity index (χ2n) is 4.59. The molecule has 1 aliphatic rings. The second-order valence-corrected chi connectivity index (χ2v) is 5.68. The minimum Gasteiger partial charge on any atom is -0.348 e. The first-order valence-corrected chi connectivity index (χ1v) is 7.16. The van der Waals surface area contributed by atoms with Crippen molar-refractivity contribution in [2.24, 2.45) is 5.73 Å². The zero-order valence-electron chi connectivity index (χ0n) is 10.7. The molecule has 0 saturated carbocycles. The number of aromatic nitrogens is 1. The Balaban J connectivity index is 1.94. The van der Waals surface area contributed by atoms with E-state index in [-0.39, 0.29) is 0 Å². The maximum atomic E-state index is 5.62. The van der Waals surface area contributed by atoms with Crippen molar-refractivity contribution in [3.63, 3.8) is 0 Å². The van der Waals surface area contributed by atoms with Crippen molar-refractivity contribution in [2.75, 3.05) is 31.6 Å². The largest absolute Gasteiger partial charge is 0.348 e. The maximum absolute atomic E-state index is 5.62. The van der Waals surface area contributed by atoms with Gasteiger partial charge in [0.2, 0.25) is 0 Å². The average molecular weight is 254 g/mol. The number of hydrogen-bond donors (Lipinski definition) is 1. The Morgan fingerprint density at radius 2 is 2.24 bits per heavy atom. The standard InChI is InChI=1S/C12H22N4S/c1-3-16-6-4-10(5-7-16)15(2)12-14-9-11(8-13)17-12/h9-10H,3-8,13H2,1-2H3. The summed E-state index contributed by atoms with van der Waals surface area (Å²) in [7, 11) is 2.16. The van der Waals surface area contributed by atoms with Crippen LogP contribution in [0.4, 0.5) is 5.13 Å². The van der Waals surface area contributed by atoms with Crippen LogP contribution in [0.25, 0.3) is 0 Å². The highest BCUT2D eigenvalue weighted by atomic mass is 32.1. The van der Waals surface area contributed by atoms with Crippen molar-refractivity contribution < 1.29 is 0 Å². The lowest BCUT2D eigenvalue weighted by atomic mass is 10.0. The highest BCUT2D eigenvalue weighted by Crippen LogP contribution is 2.26. The molecular weight excluding hydrogens is 232 g/mol. The summed E-state index contributed by atoms with van der Waals surface area (Å²) in [4.78, 5) is 10.5. The number of nitrogens with two attached hydrogens (primary N) is 1. The highest BCUT2D eigenvalue weighted by molar-refractivity contribution is 7.15. The van der Waals surface area contributed by atoms with Crippen molar-refractivity contribution in [3.8, 4) is 0 Å². The zero-order valence-corrected chi connectivity index (χ0v) is 11.5. The van der Waals surface area contributed by atoms with E-state index in [0.717, 1.165) is 10.0 Å². The number of rotatable bonds is 4. The van der Waals surface area contributed by atoms with Gasteiger partial charge in [-0.1, -0.05) is 6.92 Å². The van der Waals surface area contributed by atoms with Crippen LogP contribution in [0.1, 0.15) is 24.6 Å². The summed E-state index contributed by atoms with van der Waals surface area (Å²) in [5.74, 6) is 0. The molecular formula is C12H22N4S. The fourth-order valence-electron chi connectivity index (χ4n) is 2.33. The van der Waals surface area contributed by atoms with Gasteiger partial charge in [-0.05, 0) is 19.4 Å². The molecule has 0 aromatic carbocycles. The van der Waals surface area contributed by atoms with Gasteiger partial charge in [0.15, 0.2) is 5.13 Å². The smallest absolute Gasteiger partial charge is 0.185 e. The van der Waals surface area contributed by atoms with Gasteiger partial charge in [0.05, 0.1) is 0 Å². The van der Waals surface area contributed by atoms with Gasteiger partial charge in [-0.25, -0.2) is 4.98 Å². The SMILES string of the molecule is CCN1CCC(N(C)c2ncc(CN)s2)CC1. The van der Waals surface area contributed by atoms with E-state index >= 15 is 0 Å². The molecule has 0 spiro atoms. The second kappa shape index (κ2) is 5.80. The third-order valence-corrected chi connectivity index (χ3v) is 4.71. The summed E-state index contributed by atoms with van der Waals surface area (Å²) in [6, 6.07) is 0.634. The van der Waals surface area contributed by atoms with E-state index in [4.69, 9.17) is 5.73 Å². The molecule has 0 amide bonds. The Bertz CT molecular complexity index is 344. The zero-order chi connectivity index (χ0) is 12.3. The van der Waals surface area contributed by atoms with E-state index in [9.17, 15) is 0 Å². The molecule has 17 heavy (non-hydrogen) atoms. The molecule has 5 heteroatoms. The third-order valence-electron chi connectivity index (χ3n) is 3.60. The summed E-state index contributed by atoms with van der Waals surface area (Å²) in [5.41, 5.74) is 5.62. The molecule has 0 atom stereocenters. The monoisotopic (exact) mass is 254 g/mol. The van der Waals surface area contributed by atoms with Crippen molar-refractivity contribution >= 4 is 16.5 Å². The van der Waals surface area contributed by atoms with Gasteiger partial charge in [-0.15, -0.1) is 11.3 Å². The molecule has 2 heterocycles. The van der Waals surface area contributed by atoms with E-state index in [1.54, 1.807) is 11.3 Å². The van der Waals surface area contributed by atoms with Gasteiger partial charge in [-0.2, -0.15) is 0 Å². The van der Waals surface area contributed by atoms with Gasteiger partial charge in [0, 0.05) is 43.8 Å². The number of piperidine rings is 1. The summed E-state index contributed by atoms with van der Waals surface area (Å²) in [5, 5.41) is 1.11. The van der Waals surface area contributed by atoms with Gasteiger partial charge >= 0.3 is 0 Å². The van der Waals surface area contributed by atoms with Crippen molar-refractivity contribution in [3.05, 3.63) is 11.1 Å². The van der Waals surface area contributed by atoms with Gasteiger partial charge < -0.3 is 15.5 Å². The summed E-state index contributed by atoms with van der Waals surface area (Å²) in [6.07, 6.45) is 4.38. The normalized spacial score (nSPS) is 18.5. The number of likely N-dealkylation sites (tertiary alicyclic amines) is 1. The van der Waals surface area contributed by atoms with Crippen LogP contribution < -0.4 is 10.6 Å². The molecule has 2 N–H and O–H groups in total. The molecule has 96 valence electrons. The van der Waals surface area contributed by atoms with E-state index in [1.807, 2.05) is 6.20 Å². The molecule has 4 nitrogen and oxygen atoms in total. The molecule has 1 aromatic heterocycles. The van der Waals surface area contributed by atoms with Gasteiger partial charge in [0.1, 0.15) is 0 Å². The topological polar surface area (TPSA) is 45.4 Å². The maximum Gasteiger partial charge on any atom is 0.185 e. The van der Waals surface area contributed by atoms with Crippen LogP contribution in [0.15, 0.2) is 6.20 Å². The third kappa shape index (κ3) is 2.97. The van der Waals surface area contributed by atoms with Crippen LogP contribution in [0, 0.1) is 0 Å². The van der Waals surface area contributed by atoms with Gasteiger partial charge in [-0.3, -0.25) is 0 Å². The lowest BCUT2D eigenvalue weighted by molar-refractivity contribution is 0.221. The Labute approximate surface area is 107 Å². The lowest BCUT2D eigenvalue weighted by Crippen LogP contribution is -2.43. The molecule has 0 unspecified atom stereocenters. The summed E-state index contributed by atoms with van der Waals surface area (Å²) >= 11 is 1.72. The molecule has 1 saturated heterocycles. The molecule has 1 aliphatic heterocycles. The van der Waals surface area contributed by atoms with Gasteiger partial charge in [0.25, 0.3) is 0 Å². The quantitative estimate of drug-likeness (QED) is 0.885. The van der Waals surface area contributed by atoms with Crippen molar-refractivity contribution in [1.82, 2.24) is 9.88 Å². The Morgan fingerprint density at radius 3 is 2.76 bits per heavy atom. The molecule has 0 aliphatic carbocycles. The van der Waals surface area contributed by atoms with E-state index in [1.165, 1.54) is 32.5 Å². The number of thiazole rings is 1. The molecule has 1 fully saturated rings. The van der Waals surface area contributed by atoms with Crippen LogP contribution >= 0.6 is 11.3 Å². The molecule has 2 rings (SSSR count). The highest BCUT2D eigenvalue weighted by Gasteiger charge is 2.23. The van der Waals surface area contributed by atoms with Crippen LogP contribution in [-0.2, 0) is 6.54 Å². The molecule has 0 bridgehead atoms. The number of anilines is 1. The predicted octanol–water partition coefficient (Wildman–Crippen LogP) is 1.52. The predicted molar refractivity (Wildman–Crippen MR) is 73.5 cm³/mol. The first-order valence-electron chi connectivity index (χ1n) is 6.34. The van der Waals surface area contributed by atoms with Crippen LogP contribution in [0.5, 0.6) is 0 Å². The Hall–Kier alpha value is -0.650. The molecule has 1 aromatic rings. The first-order chi connectivity index (χ1) is 8.24. The van der Waals surface area contributed by atoms with E-state index < -0.39 is 0 Å². The van der Waals surface area contributed by atoms with Crippen LogP contribution in [-0.4, -0.2) is 42.6 Å². The fourth-order valence-corrected chi connectivity index (χ4v) is 3.16. The number of nitrogens with zero attached hydrogens (tertiary/aromatic N) is 3. The minimum absolute atomic E-state index is 0.597. The summed E-state index contributed by atoms with van der Waals surface area (Å²) < 4.78 is 0. The fraction of sp³-hybridized carbons (Fsp3) is 0.750. The lowest BCUT2D eigenvalue weighted by Gasteiger charge is -2.36. The van der Waals surface area contributed by atoms with E-state index in [0.29, 0.717) is 12.6 Å². The van der Waals surface area contributed by atoms with Crippen molar-refractivity contribution in [1.29, 1.82) is 0 Å². The van der Waals surface area contributed by atoms with Crippen LogP contribution in [0.3, 0.4) is 0 Å². The Kier molecular flexibility index (Phi) is 4.36. The molecule has 0 radical (unpaired) electrons. The van der Waals surface area contributed by atoms with Crippen LogP contribution in [0.2, 0.25) is 0 Å². The van der Waals surface area contributed by atoms with Crippen molar-refractivity contribution in [2.45, 2.75) is 32.4 Å². The minimum atomic E-state index is 0.597. The summed E-state index contributed by atoms with van der Waals surface area (Å²) in [6.45, 7) is 6.42. The average Bonchev–Trinajstić information content (AvgIpc) is 2.87. The van der Waals surface area contributed by atoms with E-state index in [2.05, 4.69) is 28.8 Å². The Morgan fingerprint density at radius 1 is 1.53 bits per heavy atom. The number of hydrogen-bond acceptors (Lipinski definition) is 5. The first kappa shape index (κ1) is 12.8.